The predicted octanol–water partition coefficient (Wildman–Crippen LogP) is 2.33. The maximum Gasteiger partial charge on any atom is 0.0578 e. The zero-order valence-electron chi connectivity index (χ0n) is 11.0. The van der Waals surface area contributed by atoms with Gasteiger partial charge in [-0.05, 0) is 50.6 Å². The Hall–Kier alpha value is -1.22. The van der Waals surface area contributed by atoms with Gasteiger partial charge >= 0.3 is 0 Å². The van der Waals surface area contributed by atoms with Crippen LogP contribution in [0.15, 0.2) is 18.2 Å². The minimum atomic E-state index is 0.537. The summed E-state index contributed by atoms with van der Waals surface area (Å²) in [5.74, 6) is 0.661. The molecule has 94 valence electrons. The lowest BCUT2D eigenvalue weighted by atomic mass is 9.94. The molecule has 1 aliphatic heterocycles. The third-order valence-electron chi connectivity index (χ3n) is 3.66. The van der Waals surface area contributed by atoms with Crippen LogP contribution < -0.4 is 11.1 Å². The molecule has 17 heavy (non-hydrogen) atoms. The van der Waals surface area contributed by atoms with Gasteiger partial charge in [-0.15, -0.1) is 0 Å². The molecule has 0 aromatic heterocycles. The normalized spacial score (nSPS) is 25.8. The standard InChI is InChI=1S/C14H23N3/c1-10-4-5-12(15)14(8-10)16-13-6-7-17(3)9-11(13)2/h4-5,8,11,13,16H,6-7,9,15H2,1-3H3. The molecule has 1 saturated heterocycles. The van der Waals surface area contributed by atoms with Crippen LogP contribution in [0.3, 0.4) is 0 Å². The van der Waals surface area contributed by atoms with E-state index in [2.05, 4.69) is 43.2 Å². The van der Waals surface area contributed by atoms with Gasteiger partial charge < -0.3 is 16.0 Å². The molecule has 0 aliphatic carbocycles. The van der Waals surface area contributed by atoms with E-state index in [4.69, 9.17) is 5.73 Å². The Labute approximate surface area is 104 Å². The van der Waals surface area contributed by atoms with Gasteiger partial charge in [0.2, 0.25) is 0 Å². The van der Waals surface area contributed by atoms with Crippen LogP contribution >= 0.6 is 0 Å². The second kappa shape index (κ2) is 4.96. The zero-order chi connectivity index (χ0) is 12.4. The molecule has 2 rings (SSSR count). The van der Waals surface area contributed by atoms with Crippen molar-refractivity contribution in [3.63, 3.8) is 0 Å². The van der Waals surface area contributed by atoms with Crippen molar-refractivity contribution in [1.82, 2.24) is 4.90 Å². The average Bonchev–Trinajstić information content (AvgIpc) is 2.27. The first kappa shape index (κ1) is 12.2. The average molecular weight is 233 g/mol. The summed E-state index contributed by atoms with van der Waals surface area (Å²) in [6.07, 6.45) is 1.19. The molecule has 0 spiro atoms. The van der Waals surface area contributed by atoms with Crippen LogP contribution in [0.2, 0.25) is 0 Å². The summed E-state index contributed by atoms with van der Waals surface area (Å²) < 4.78 is 0. The fourth-order valence-electron chi connectivity index (χ4n) is 2.56. The zero-order valence-corrected chi connectivity index (χ0v) is 11.0. The molecular weight excluding hydrogens is 210 g/mol. The number of anilines is 2. The third kappa shape index (κ3) is 2.91. The summed E-state index contributed by atoms with van der Waals surface area (Å²) in [6.45, 7) is 6.72. The van der Waals surface area contributed by atoms with E-state index < -0.39 is 0 Å². The number of hydrogen-bond donors (Lipinski definition) is 2. The number of nitrogen functional groups attached to an aromatic ring is 1. The monoisotopic (exact) mass is 233 g/mol. The molecule has 0 bridgehead atoms. The van der Waals surface area contributed by atoms with Crippen LogP contribution in [-0.2, 0) is 0 Å². The molecule has 1 aromatic carbocycles. The van der Waals surface area contributed by atoms with Gasteiger partial charge in [0.1, 0.15) is 0 Å². The number of piperidine rings is 1. The number of benzene rings is 1. The van der Waals surface area contributed by atoms with Gasteiger partial charge in [-0.2, -0.15) is 0 Å². The van der Waals surface area contributed by atoms with Gasteiger partial charge in [0.25, 0.3) is 0 Å². The van der Waals surface area contributed by atoms with Gasteiger partial charge in [-0.3, -0.25) is 0 Å². The second-order valence-electron chi connectivity index (χ2n) is 5.37. The highest BCUT2D eigenvalue weighted by molar-refractivity contribution is 5.67. The van der Waals surface area contributed by atoms with E-state index in [-0.39, 0.29) is 0 Å². The highest BCUT2D eigenvalue weighted by atomic mass is 15.1. The molecular formula is C14H23N3. The van der Waals surface area contributed by atoms with Gasteiger partial charge in [0.05, 0.1) is 11.4 Å². The van der Waals surface area contributed by atoms with Crippen molar-refractivity contribution >= 4 is 11.4 Å². The number of nitrogens with zero attached hydrogens (tertiary/aromatic N) is 1. The Morgan fingerprint density at radius 2 is 2.18 bits per heavy atom. The maximum atomic E-state index is 6.01. The van der Waals surface area contributed by atoms with E-state index in [1.165, 1.54) is 12.0 Å². The Morgan fingerprint density at radius 3 is 2.88 bits per heavy atom. The number of nitrogens with one attached hydrogen (secondary N) is 1. The van der Waals surface area contributed by atoms with Crippen molar-refractivity contribution in [3.8, 4) is 0 Å². The molecule has 0 radical (unpaired) electrons. The van der Waals surface area contributed by atoms with Crippen molar-refractivity contribution in [3.05, 3.63) is 23.8 Å². The summed E-state index contributed by atoms with van der Waals surface area (Å²) in [6, 6.07) is 6.71. The fraction of sp³-hybridized carbons (Fsp3) is 0.571. The van der Waals surface area contributed by atoms with Crippen molar-refractivity contribution in [2.75, 3.05) is 31.2 Å². The first-order valence-corrected chi connectivity index (χ1v) is 6.37. The summed E-state index contributed by atoms with van der Waals surface area (Å²) in [4.78, 5) is 2.39. The van der Waals surface area contributed by atoms with Crippen LogP contribution in [-0.4, -0.2) is 31.1 Å². The minimum absolute atomic E-state index is 0.537. The van der Waals surface area contributed by atoms with Crippen molar-refractivity contribution in [2.45, 2.75) is 26.3 Å². The molecule has 3 heteroatoms. The predicted molar refractivity (Wildman–Crippen MR) is 74.3 cm³/mol. The van der Waals surface area contributed by atoms with Crippen LogP contribution in [0.1, 0.15) is 18.9 Å². The molecule has 1 aromatic rings. The maximum absolute atomic E-state index is 6.01. The number of aryl methyl sites for hydroxylation is 1. The summed E-state index contributed by atoms with van der Waals surface area (Å²) in [5, 5.41) is 3.61. The van der Waals surface area contributed by atoms with Crippen LogP contribution in [0.4, 0.5) is 11.4 Å². The molecule has 2 unspecified atom stereocenters. The first-order chi connectivity index (χ1) is 8.06. The minimum Gasteiger partial charge on any atom is -0.397 e. The van der Waals surface area contributed by atoms with Crippen LogP contribution in [0, 0.1) is 12.8 Å². The lowest BCUT2D eigenvalue weighted by Gasteiger charge is -2.36. The van der Waals surface area contributed by atoms with E-state index >= 15 is 0 Å². The molecule has 3 nitrogen and oxygen atoms in total. The highest BCUT2D eigenvalue weighted by Gasteiger charge is 2.24. The number of hydrogen-bond acceptors (Lipinski definition) is 3. The van der Waals surface area contributed by atoms with Gasteiger partial charge in [-0.1, -0.05) is 13.0 Å². The summed E-state index contributed by atoms with van der Waals surface area (Å²) in [7, 11) is 2.19. The lowest BCUT2D eigenvalue weighted by Crippen LogP contribution is -2.43. The molecule has 1 fully saturated rings. The molecule has 0 amide bonds. The summed E-state index contributed by atoms with van der Waals surface area (Å²) in [5.41, 5.74) is 9.20. The van der Waals surface area contributed by atoms with Gasteiger partial charge in [0, 0.05) is 12.6 Å². The topological polar surface area (TPSA) is 41.3 Å². The third-order valence-corrected chi connectivity index (χ3v) is 3.66. The number of nitrogens with two attached hydrogens (primary N) is 1. The SMILES string of the molecule is Cc1ccc(N)c(NC2CCN(C)CC2C)c1. The Morgan fingerprint density at radius 1 is 1.41 bits per heavy atom. The Kier molecular flexibility index (Phi) is 3.57. The van der Waals surface area contributed by atoms with Crippen molar-refractivity contribution in [2.24, 2.45) is 5.92 Å². The number of likely N-dealkylation sites (tertiary alicyclic amines) is 1. The number of rotatable bonds is 2. The molecule has 1 aliphatic rings. The van der Waals surface area contributed by atoms with Crippen LogP contribution in [0.25, 0.3) is 0 Å². The fourth-order valence-corrected chi connectivity index (χ4v) is 2.56. The van der Waals surface area contributed by atoms with E-state index in [0.29, 0.717) is 12.0 Å². The lowest BCUT2D eigenvalue weighted by molar-refractivity contribution is 0.206. The highest BCUT2D eigenvalue weighted by Crippen LogP contribution is 2.25. The quantitative estimate of drug-likeness (QED) is 0.770. The van der Waals surface area contributed by atoms with Crippen LogP contribution in [0.5, 0.6) is 0 Å². The van der Waals surface area contributed by atoms with E-state index in [1.807, 2.05) is 6.07 Å². The van der Waals surface area contributed by atoms with E-state index in [9.17, 15) is 0 Å². The second-order valence-corrected chi connectivity index (χ2v) is 5.37. The summed E-state index contributed by atoms with van der Waals surface area (Å²) >= 11 is 0. The Balaban J connectivity index is 2.07. The first-order valence-electron chi connectivity index (χ1n) is 6.37. The van der Waals surface area contributed by atoms with Gasteiger partial charge in [0.15, 0.2) is 0 Å². The van der Waals surface area contributed by atoms with Crippen molar-refractivity contribution < 1.29 is 0 Å². The Bertz CT molecular complexity index is 389. The smallest absolute Gasteiger partial charge is 0.0578 e. The largest absolute Gasteiger partial charge is 0.397 e. The van der Waals surface area contributed by atoms with Gasteiger partial charge in [-0.25, -0.2) is 0 Å². The molecule has 3 N–H and O–H groups in total. The van der Waals surface area contributed by atoms with E-state index in [1.54, 1.807) is 0 Å². The van der Waals surface area contributed by atoms with Crippen molar-refractivity contribution in [1.29, 1.82) is 0 Å². The molecule has 1 heterocycles. The van der Waals surface area contributed by atoms with E-state index in [0.717, 1.165) is 24.5 Å². The molecule has 2 atom stereocenters. The molecule has 0 saturated carbocycles.